The second-order valence-electron chi connectivity index (χ2n) is 4.51. The average Bonchev–Trinajstić information content (AvgIpc) is 2.47. The van der Waals surface area contributed by atoms with Crippen LogP contribution < -0.4 is 15.4 Å². The first-order valence-corrected chi connectivity index (χ1v) is 6.19. The number of rotatable bonds is 2. The van der Waals surface area contributed by atoms with E-state index in [9.17, 15) is 9.18 Å². The van der Waals surface area contributed by atoms with Gasteiger partial charge in [0.1, 0.15) is 6.04 Å². The van der Waals surface area contributed by atoms with Crippen LogP contribution in [-0.2, 0) is 4.79 Å². The van der Waals surface area contributed by atoms with E-state index in [-0.39, 0.29) is 11.7 Å². The lowest BCUT2D eigenvalue weighted by atomic mass is 10.0. The van der Waals surface area contributed by atoms with E-state index in [1.807, 2.05) is 30.3 Å². The van der Waals surface area contributed by atoms with Crippen molar-refractivity contribution in [3.05, 3.63) is 53.8 Å². The third-order valence-electron chi connectivity index (χ3n) is 3.24. The molecule has 1 aliphatic rings. The number of hydrogen-bond acceptors (Lipinski definition) is 3. The van der Waals surface area contributed by atoms with E-state index >= 15 is 0 Å². The summed E-state index contributed by atoms with van der Waals surface area (Å²) in [4.78, 5) is 12.1. The first-order valence-electron chi connectivity index (χ1n) is 6.19. The van der Waals surface area contributed by atoms with Crippen molar-refractivity contribution in [1.82, 2.24) is 0 Å². The van der Waals surface area contributed by atoms with E-state index in [2.05, 4.69) is 10.6 Å². The molecular formula is C15H13FN2O2. The molecule has 3 rings (SSSR count). The number of amides is 1. The molecule has 1 unspecified atom stereocenters. The van der Waals surface area contributed by atoms with E-state index in [0.717, 1.165) is 5.56 Å². The van der Waals surface area contributed by atoms with Crippen molar-refractivity contribution < 1.29 is 13.9 Å². The lowest BCUT2D eigenvalue weighted by Gasteiger charge is -2.27. The van der Waals surface area contributed by atoms with E-state index in [0.29, 0.717) is 11.4 Å². The van der Waals surface area contributed by atoms with Gasteiger partial charge in [0, 0.05) is 12.1 Å². The molecule has 0 bridgehead atoms. The van der Waals surface area contributed by atoms with Gasteiger partial charge in [0.25, 0.3) is 5.91 Å². The fraction of sp³-hybridized carbons (Fsp3) is 0.133. The molecule has 0 saturated carbocycles. The molecule has 1 aliphatic heterocycles. The summed E-state index contributed by atoms with van der Waals surface area (Å²) in [6.45, 7) is 0. The molecule has 0 spiro atoms. The van der Waals surface area contributed by atoms with Gasteiger partial charge in [-0.2, -0.15) is 0 Å². The van der Waals surface area contributed by atoms with E-state index < -0.39 is 11.9 Å². The van der Waals surface area contributed by atoms with Crippen LogP contribution in [-0.4, -0.2) is 13.0 Å². The van der Waals surface area contributed by atoms with Gasteiger partial charge in [-0.3, -0.25) is 4.79 Å². The minimum atomic E-state index is -0.508. The largest absolute Gasteiger partial charge is 0.494 e. The molecule has 1 amide bonds. The van der Waals surface area contributed by atoms with Crippen LogP contribution in [0.1, 0.15) is 11.6 Å². The van der Waals surface area contributed by atoms with Crippen molar-refractivity contribution in [2.45, 2.75) is 6.04 Å². The summed E-state index contributed by atoms with van der Waals surface area (Å²) in [6.07, 6.45) is 0. The molecule has 0 radical (unpaired) electrons. The van der Waals surface area contributed by atoms with Gasteiger partial charge in [-0.15, -0.1) is 0 Å². The molecule has 0 fully saturated rings. The quantitative estimate of drug-likeness (QED) is 0.883. The topological polar surface area (TPSA) is 50.4 Å². The van der Waals surface area contributed by atoms with Crippen LogP contribution in [0.3, 0.4) is 0 Å². The summed E-state index contributed by atoms with van der Waals surface area (Å²) in [7, 11) is 1.40. The van der Waals surface area contributed by atoms with Gasteiger partial charge in [-0.05, 0) is 5.56 Å². The van der Waals surface area contributed by atoms with Gasteiger partial charge >= 0.3 is 0 Å². The number of fused-ring (bicyclic) bond motifs is 1. The van der Waals surface area contributed by atoms with E-state index in [1.165, 1.54) is 13.2 Å². The molecular weight excluding hydrogens is 259 g/mol. The molecule has 5 heteroatoms. The van der Waals surface area contributed by atoms with Crippen molar-refractivity contribution in [3.8, 4) is 5.75 Å². The summed E-state index contributed by atoms with van der Waals surface area (Å²) in [6, 6.07) is 11.6. The fourth-order valence-corrected chi connectivity index (χ4v) is 2.24. The van der Waals surface area contributed by atoms with E-state index in [4.69, 9.17) is 4.74 Å². The van der Waals surface area contributed by atoms with Gasteiger partial charge < -0.3 is 15.4 Å². The maximum Gasteiger partial charge on any atom is 0.251 e. The summed E-state index contributed by atoms with van der Waals surface area (Å²) >= 11 is 0. The number of methoxy groups -OCH3 is 1. The Bertz CT molecular complexity index is 658. The minimum absolute atomic E-state index is 0.138. The molecule has 20 heavy (non-hydrogen) atoms. The van der Waals surface area contributed by atoms with Crippen molar-refractivity contribution in [1.29, 1.82) is 0 Å². The fourth-order valence-electron chi connectivity index (χ4n) is 2.24. The predicted octanol–water partition coefficient (Wildman–Crippen LogP) is 2.94. The van der Waals surface area contributed by atoms with Crippen molar-refractivity contribution >= 4 is 17.3 Å². The normalized spacial score (nSPS) is 16.9. The first-order chi connectivity index (χ1) is 9.69. The third-order valence-corrected chi connectivity index (χ3v) is 3.24. The highest BCUT2D eigenvalue weighted by atomic mass is 19.1. The Kier molecular flexibility index (Phi) is 3.02. The average molecular weight is 272 g/mol. The molecule has 2 aromatic rings. The number of benzene rings is 2. The standard InChI is InChI=1S/C15H13FN2O2/c1-20-13-8-12-11(7-10(13)16)18-15(19)14(17-12)9-5-3-2-4-6-9/h2-8,14,17H,1H3,(H,18,19). The number of carbonyl (C=O) groups excluding carboxylic acids is 1. The highest BCUT2D eigenvalue weighted by Gasteiger charge is 2.27. The summed E-state index contributed by atoms with van der Waals surface area (Å²) in [5.74, 6) is -0.584. The predicted molar refractivity (Wildman–Crippen MR) is 74.4 cm³/mol. The number of anilines is 2. The molecule has 4 nitrogen and oxygen atoms in total. The molecule has 1 heterocycles. The second kappa shape index (κ2) is 4.85. The SMILES string of the molecule is COc1cc2c(cc1F)NC(=O)C(c1ccccc1)N2. The molecule has 1 atom stereocenters. The highest BCUT2D eigenvalue weighted by molar-refractivity contribution is 6.03. The molecule has 0 aliphatic carbocycles. The zero-order chi connectivity index (χ0) is 14.1. The number of nitrogens with one attached hydrogen (secondary N) is 2. The monoisotopic (exact) mass is 272 g/mol. The number of carbonyl (C=O) groups is 1. The number of halogens is 1. The van der Waals surface area contributed by atoms with Crippen LogP contribution in [0.15, 0.2) is 42.5 Å². The lowest BCUT2D eigenvalue weighted by molar-refractivity contribution is -0.117. The summed E-state index contributed by atoms with van der Waals surface area (Å²) in [5.41, 5.74) is 1.90. The van der Waals surface area contributed by atoms with Crippen LogP contribution in [0.25, 0.3) is 0 Å². The Morgan fingerprint density at radius 1 is 1.15 bits per heavy atom. The smallest absolute Gasteiger partial charge is 0.251 e. The van der Waals surface area contributed by atoms with Crippen LogP contribution in [0.4, 0.5) is 15.8 Å². The number of hydrogen-bond donors (Lipinski definition) is 2. The minimum Gasteiger partial charge on any atom is -0.494 e. The second-order valence-corrected chi connectivity index (χ2v) is 4.51. The van der Waals surface area contributed by atoms with Gasteiger partial charge in [0.15, 0.2) is 11.6 Å². The Morgan fingerprint density at radius 2 is 1.90 bits per heavy atom. The lowest BCUT2D eigenvalue weighted by Crippen LogP contribution is -2.32. The summed E-state index contributed by atoms with van der Waals surface area (Å²) < 4.78 is 18.6. The van der Waals surface area contributed by atoms with Gasteiger partial charge in [-0.25, -0.2) is 4.39 Å². The molecule has 2 aromatic carbocycles. The van der Waals surface area contributed by atoms with Gasteiger partial charge in [0.05, 0.1) is 18.5 Å². The third kappa shape index (κ3) is 2.07. The van der Waals surface area contributed by atoms with Crippen LogP contribution in [0.5, 0.6) is 5.75 Å². The van der Waals surface area contributed by atoms with Gasteiger partial charge in [0.2, 0.25) is 0 Å². The Morgan fingerprint density at radius 3 is 2.60 bits per heavy atom. The zero-order valence-electron chi connectivity index (χ0n) is 10.8. The molecule has 102 valence electrons. The maximum atomic E-state index is 13.6. The van der Waals surface area contributed by atoms with Crippen molar-refractivity contribution in [3.63, 3.8) is 0 Å². The summed E-state index contributed by atoms with van der Waals surface area (Å²) in [5, 5.41) is 5.81. The van der Waals surface area contributed by atoms with Crippen molar-refractivity contribution in [2.75, 3.05) is 17.7 Å². The maximum absolute atomic E-state index is 13.6. The van der Waals surface area contributed by atoms with E-state index in [1.54, 1.807) is 6.07 Å². The molecule has 0 saturated heterocycles. The van der Waals surface area contributed by atoms with Crippen molar-refractivity contribution in [2.24, 2.45) is 0 Å². The Hall–Kier alpha value is -2.56. The van der Waals surface area contributed by atoms with Crippen LogP contribution in [0, 0.1) is 5.82 Å². The Labute approximate surface area is 115 Å². The van der Waals surface area contributed by atoms with Crippen LogP contribution in [0.2, 0.25) is 0 Å². The van der Waals surface area contributed by atoms with Crippen LogP contribution >= 0.6 is 0 Å². The molecule has 2 N–H and O–H groups in total. The van der Waals surface area contributed by atoms with Gasteiger partial charge in [-0.1, -0.05) is 30.3 Å². The number of ether oxygens (including phenoxy) is 1. The molecule has 0 aromatic heterocycles. The highest BCUT2D eigenvalue weighted by Crippen LogP contribution is 2.36. The Balaban J connectivity index is 1.99. The first kappa shape index (κ1) is 12.5. The zero-order valence-corrected chi connectivity index (χ0v) is 10.8.